The molecule has 1 fully saturated rings. The number of nitrogens with one attached hydrogen (secondary N) is 1. The highest BCUT2D eigenvalue weighted by Gasteiger charge is 2.37. The second kappa shape index (κ2) is 7.85. The lowest BCUT2D eigenvalue weighted by Crippen LogP contribution is -2.47. The van der Waals surface area contributed by atoms with Crippen molar-refractivity contribution in [2.45, 2.75) is 32.5 Å². The first-order valence-corrected chi connectivity index (χ1v) is 7.58. The molecule has 1 heterocycles. The minimum absolute atomic E-state index is 0.0692. The third-order valence-corrected chi connectivity index (χ3v) is 4.11. The Morgan fingerprint density at radius 1 is 1.35 bits per heavy atom. The van der Waals surface area contributed by atoms with E-state index in [1.165, 1.54) is 7.05 Å². The Labute approximate surface area is 134 Å². The largest absolute Gasteiger partial charge is 0.390 e. The van der Waals surface area contributed by atoms with Crippen molar-refractivity contribution in [1.29, 1.82) is 0 Å². The van der Waals surface area contributed by atoms with E-state index in [9.17, 15) is 22.8 Å². The summed E-state index contributed by atoms with van der Waals surface area (Å²) in [4.78, 5) is 25.7. The van der Waals surface area contributed by atoms with Crippen molar-refractivity contribution in [2.24, 2.45) is 17.6 Å². The number of primary amides is 1. The van der Waals surface area contributed by atoms with Crippen molar-refractivity contribution in [3.63, 3.8) is 0 Å². The molecule has 0 radical (unpaired) electrons. The molecule has 0 aromatic rings. The van der Waals surface area contributed by atoms with Gasteiger partial charge in [0.15, 0.2) is 0 Å². The van der Waals surface area contributed by atoms with Crippen LogP contribution in [0.25, 0.3) is 0 Å². The fraction of sp³-hybridized carbons (Fsp3) is 0.857. The fourth-order valence-corrected chi connectivity index (χ4v) is 2.75. The molecule has 1 saturated heterocycles. The molecule has 3 N–H and O–H groups in total. The Kier molecular flexibility index (Phi) is 6.67. The standard InChI is InChI=1S/C14H25F3N4O2/c1-9(2)10-6-21(5-4-14(15,16)17)7-11(10)19-12(22)8-20(3)13(18)23/h9-11H,4-8H2,1-3H3,(H2,18,23)(H,19,22)/t10-,11+/m1/s1. The van der Waals surface area contributed by atoms with Crippen LogP contribution >= 0.6 is 0 Å². The van der Waals surface area contributed by atoms with E-state index in [0.29, 0.717) is 13.1 Å². The zero-order valence-electron chi connectivity index (χ0n) is 13.7. The van der Waals surface area contributed by atoms with E-state index in [0.717, 1.165) is 4.90 Å². The first-order valence-electron chi connectivity index (χ1n) is 7.58. The number of alkyl halides is 3. The molecule has 0 bridgehead atoms. The van der Waals surface area contributed by atoms with Crippen LogP contribution in [0, 0.1) is 11.8 Å². The third-order valence-electron chi connectivity index (χ3n) is 4.11. The highest BCUT2D eigenvalue weighted by atomic mass is 19.4. The van der Waals surface area contributed by atoms with Gasteiger partial charge >= 0.3 is 12.2 Å². The SMILES string of the molecule is CC(C)[C@H]1CN(CCC(F)(F)F)C[C@@H]1NC(=O)CN(C)C(N)=O. The fourth-order valence-electron chi connectivity index (χ4n) is 2.75. The second-order valence-electron chi connectivity index (χ2n) is 6.40. The summed E-state index contributed by atoms with van der Waals surface area (Å²) in [5, 5.41) is 2.81. The average molecular weight is 338 g/mol. The number of nitrogens with two attached hydrogens (primary N) is 1. The van der Waals surface area contributed by atoms with E-state index >= 15 is 0 Å². The molecule has 23 heavy (non-hydrogen) atoms. The van der Waals surface area contributed by atoms with Gasteiger partial charge in [0.05, 0.1) is 6.42 Å². The Bertz CT molecular complexity index is 429. The molecule has 1 aliphatic rings. The highest BCUT2D eigenvalue weighted by Crippen LogP contribution is 2.27. The summed E-state index contributed by atoms with van der Waals surface area (Å²) in [7, 11) is 1.41. The predicted octanol–water partition coefficient (Wildman–Crippen LogP) is 1.02. The smallest absolute Gasteiger partial charge is 0.351 e. The summed E-state index contributed by atoms with van der Waals surface area (Å²) in [6.07, 6.45) is -5.04. The number of urea groups is 1. The maximum absolute atomic E-state index is 12.3. The number of hydrogen-bond acceptors (Lipinski definition) is 3. The number of likely N-dealkylation sites (tertiary alicyclic amines) is 1. The van der Waals surface area contributed by atoms with E-state index in [1.54, 1.807) is 4.90 Å². The van der Waals surface area contributed by atoms with E-state index < -0.39 is 18.6 Å². The van der Waals surface area contributed by atoms with Crippen molar-refractivity contribution in [3.8, 4) is 0 Å². The highest BCUT2D eigenvalue weighted by molar-refractivity contribution is 5.83. The molecule has 2 atom stereocenters. The molecule has 9 heteroatoms. The number of nitrogens with zero attached hydrogens (tertiary/aromatic N) is 2. The maximum atomic E-state index is 12.3. The van der Waals surface area contributed by atoms with Gasteiger partial charge in [-0.3, -0.25) is 4.79 Å². The molecule has 0 unspecified atom stereocenters. The van der Waals surface area contributed by atoms with Crippen molar-refractivity contribution >= 4 is 11.9 Å². The lowest BCUT2D eigenvalue weighted by Gasteiger charge is -2.24. The molecule has 0 aliphatic carbocycles. The first-order chi connectivity index (χ1) is 10.5. The summed E-state index contributed by atoms with van der Waals surface area (Å²) in [5.41, 5.74) is 5.06. The lowest BCUT2D eigenvalue weighted by molar-refractivity contribution is -0.137. The summed E-state index contributed by atoms with van der Waals surface area (Å²) in [5.74, 6) is -0.0595. The van der Waals surface area contributed by atoms with Gasteiger partial charge in [0, 0.05) is 32.7 Å². The van der Waals surface area contributed by atoms with Gasteiger partial charge in [-0.05, 0) is 11.8 Å². The van der Waals surface area contributed by atoms with E-state index in [1.807, 2.05) is 13.8 Å². The molecule has 0 saturated carbocycles. The first kappa shape index (κ1) is 19.5. The van der Waals surface area contributed by atoms with Crippen molar-refractivity contribution < 1.29 is 22.8 Å². The molecule has 0 aromatic carbocycles. The van der Waals surface area contributed by atoms with E-state index in [4.69, 9.17) is 5.73 Å². The molecule has 0 spiro atoms. The molecule has 1 aliphatic heterocycles. The summed E-state index contributed by atoms with van der Waals surface area (Å²) >= 11 is 0. The Morgan fingerprint density at radius 2 is 1.96 bits per heavy atom. The van der Waals surface area contributed by atoms with Gasteiger partial charge in [0.1, 0.15) is 6.54 Å². The number of carbonyl (C=O) groups excluding carboxylic acids is 2. The van der Waals surface area contributed by atoms with Crippen LogP contribution in [0.4, 0.5) is 18.0 Å². The molecule has 3 amide bonds. The Hall–Kier alpha value is -1.51. The van der Waals surface area contributed by atoms with Crippen LogP contribution in [-0.2, 0) is 4.79 Å². The number of amides is 3. The number of halogens is 3. The monoisotopic (exact) mass is 338 g/mol. The Morgan fingerprint density at radius 3 is 2.43 bits per heavy atom. The molecular formula is C14H25F3N4O2. The van der Waals surface area contributed by atoms with Gasteiger partial charge in [0.25, 0.3) is 0 Å². The Balaban J connectivity index is 2.58. The lowest BCUT2D eigenvalue weighted by atomic mass is 9.91. The number of rotatable bonds is 6. The summed E-state index contributed by atoms with van der Waals surface area (Å²) < 4.78 is 37.0. The van der Waals surface area contributed by atoms with Gasteiger partial charge < -0.3 is 20.9 Å². The maximum Gasteiger partial charge on any atom is 0.390 e. The summed E-state index contributed by atoms with van der Waals surface area (Å²) in [6.45, 7) is 4.62. The minimum atomic E-state index is -4.18. The van der Waals surface area contributed by atoms with Crippen LogP contribution < -0.4 is 11.1 Å². The van der Waals surface area contributed by atoms with Gasteiger partial charge in [-0.1, -0.05) is 13.8 Å². The second-order valence-corrected chi connectivity index (χ2v) is 6.40. The topological polar surface area (TPSA) is 78.7 Å². The van der Waals surface area contributed by atoms with Crippen LogP contribution in [0.2, 0.25) is 0 Å². The average Bonchev–Trinajstić information content (AvgIpc) is 2.78. The minimum Gasteiger partial charge on any atom is -0.351 e. The van der Waals surface area contributed by atoms with Crippen LogP contribution in [0.15, 0.2) is 0 Å². The van der Waals surface area contributed by atoms with Crippen LogP contribution in [0.3, 0.4) is 0 Å². The molecular weight excluding hydrogens is 313 g/mol. The van der Waals surface area contributed by atoms with E-state index in [2.05, 4.69) is 5.32 Å². The van der Waals surface area contributed by atoms with Gasteiger partial charge in [0.2, 0.25) is 5.91 Å². The number of likely N-dealkylation sites (N-methyl/N-ethyl adjacent to an activating group) is 1. The molecule has 6 nitrogen and oxygen atoms in total. The van der Waals surface area contributed by atoms with Crippen molar-refractivity contribution in [3.05, 3.63) is 0 Å². The van der Waals surface area contributed by atoms with Gasteiger partial charge in [-0.2, -0.15) is 13.2 Å². The predicted molar refractivity (Wildman–Crippen MR) is 79.6 cm³/mol. The molecule has 134 valence electrons. The van der Waals surface area contributed by atoms with Gasteiger partial charge in [-0.15, -0.1) is 0 Å². The number of hydrogen-bond donors (Lipinski definition) is 2. The zero-order chi connectivity index (χ0) is 17.8. The summed E-state index contributed by atoms with van der Waals surface area (Å²) in [6, 6.07) is -0.934. The van der Waals surface area contributed by atoms with Crippen LogP contribution in [0.5, 0.6) is 0 Å². The zero-order valence-corrected chi connectivity index (χ0v) is 13.7. The molecule has 1 rings (SSSR count). The normalized spacial score (nSPS) is 22.4. The van der Waals surface area contributed by atoms with Gasteiger partial charge in [-0.25, -0.2) is 4.79 Å². The van der Waals surface area contributed by atoms with Crippen LogP contribution in [0.1, 0.15) is 20.3 Å². The molecule has 0 aromatic heterocycles. The number of carbonyl (C=O) groups is 2. The third kappa shape index (κ3) is 6.64. The van der Waals surface area contributed by atoms with Crippen molar-refractivity contribution in [1.82, 2.24) is 15.1 Å². The quantitative estimate of drug-likeness (QED) is 0.759. The van der Waals surface area contributed by atoms with Crippen LogP contribution in [-0.4, -0.2) is 67.2 Å². The van der Waals surface area contributed by atoms with E-state index in [-0.39, 0.29) is 36.9 Å². The van der Waals surface area contributed by atoms with Crippen molar-refractivity contribution in [2.75, 3.05) is 33.2 Å².